The molecule has 1 heterocycles. The highest BCUT2D eigenvalue weighted by atomic mass is 19.1. The Morgan fingerprint density at radius 1 is 0.800 bits per heavy atom. The lowest BCUT2D eigenvalue weighted by atomic mass is 10.0. The molecule has 0 aliphatic rings. The lowest BCUT2D eigenvalue weighted by Crippen LogP contribution is -2.01. The predicted octanol–water partition coefficient (Wildman–Crippen LogP) is 5.48. The van der Waals surface area contributed by atoms with Crippen LogP contribution in [0, 0.1) is 5.82 Å². The van der Waals surface area contributed by atoms with Gasteiger partial charge in [0.2, 0.25) is 5.88 Å². The van der Waals surface area contributed by atoms with E-state index in [9.17, 15) is 4.39 Å². The molecule has 4 rings (SSSR count). The second-order valence-electron chi connectivity index (χ2n) is 6.94. The number of para-hydroxylation sites is 1. The number of aromatic nitrogens is 2. The molecule has 0 amide bonds. The highest BCUT2D eigenvalue weighted by molar-refractivity contribution is 5.67. The van der Waals surface area contributed by atoms with E-state index in [1.54, 1.807) is 14.2 Å². The van der Waals surface area contributed by atoms with Crippen molar-refractivity contribution in [1.29, 1.82) is 0 Å². The van der Waals surface area contributed by atoms with Crippen LogP contribution in [0.3, 0.4) is 0 Å². The van der Waals surface area contributed by atoms with Gasteiger partial charge in [0.25, 0.3) is 0 Å². The fourth-order valence-electron chi connectivity index (χ4n) is 3.52. The number of benzene rings is 3. The van der Waals surface area contributed by atoms with E-state index in [2.05, 4.69) is 0 Å². The van der Waals surface area contributed by atoms with E-state index >= 15 is 0 Å². The molecule has 5 heteroatoms. The average molecular weight is 402 g/mol. The summed E-state index contributed by atoms with van der Waals surface area (Å²) in [6, 6.07) is 24.4. The molecule has 30 heavy (non-hydrogen) atoms. The lowest BCUT2D eigenvalue weighted by molar-refractivity contribution is 0.379. The van der Waals surface area contributed by atoms with E-state index < -0.39 is 0 Å². The zero-order chi connectivity index (χ0) is 20.9. The molecule has 1 aromatic heterocycles. The molecular weight excluding hydrogens is 379 g/mol. The molecule has 0 spiro atoms. The van der Waals surface area contributed by atoms with Crippen molar-refractivity contribution in [2.24, 2.45) is 0 Å². The number of ether oxygens (including phenoxy) is 2. The molecule has 0 unspecified atom stereocenters. The maximum atomic E-state index is 13.3. The summed E-state index contributed by atoms with van der Waals surface area (Å²) in [5.41, 5.74) is 4.85. The Kier molecular flexibility index (Phi) is 5.80. The molecule has 0 fully saturated rings. The summed E-state index contributed by atoms with van der Waals surface area (Å²) in [5.74, 6) is 1.27. The topological polar surface area (TPSA) is 36.3 Å². The van der Waals surface area contributed by atoms with Gasteiger partial charge in [-0.1, -0.05) is 30.3 Å². The van der Waals surface area contributed by atoms with Crippen molar-refractivity contribution < 1.29 is 13.9 Å². The van der Waals surface area contributed by atoms with E-state index in [1.807, 2.05) is 71.4 Å². The van der Waals surface area contributed by atoms with E-state index in [4.69, 9.17) is 14.6 Å². The molecule has 0 N–H and O–H groups in total. The number of aryl methyl sites for hydroxylation is 1. The van der Waals surface area contributed by atoms with Crippen molar-refractivity contribution in [1.82, 2.24) is 9.78 Å². The van der Waals surface area contributed by atoms with Crippen LogP contribution in [0.4, 0.5) is 4.39 Å². The lowest BCUT2D eigenvalue weighted by Gasteiger charge is -2.09. The van der Waals surface area contributed by atoms with Crippen LogP contribution >= 0.6 is 0 Å². The summed E-state index contributed by atoms with van der Waals surface area (Å²) in [6.07, 6.45) is 1.46. The number of halogens is 1. The van der Waals surface area contributed by atoms with Crippen LogP contribution in [-0.4, -0.2) is 24.0 Å². The Hall–Kier alpha value is -3.60. The average Bonchev–Trinajstić information content (AvgIpc) is 3.18. The quantitative estimate of drug-likeness (QED) is 0.411. The van der Waals surface area contributed by atoms with Crippen LogP contribution in [0.2, 0.25) is 0 Å². The molecule has 0 atom stereocenters. The number of hydrogen-bond acceptors (Lipinski definition) is 3. The summed E-state index contributed by atoms with van der Waals surface area (Å²) in [6.45, 7) is 0. The molecule has 0 bridgehead atoms. The predicted molar refractivity (Wildman–Crippen MR) is 116 cm³/mol. The van der Waals surface area contributed by atoms with Crippen LogP contribution in [-0.2, 0) is 12.8 Å². The van der Waals surface area contributed by atoms with Crippen molar-refractivity contribution in [2.75, 3.05) is 14.2 Å². The monoisotopic (exact) mass is 402 g/mol. The Labute approximate surface area is 175 Å². The van der Waals surface area contributed by atoms with Gasteiger partial charge in [0.1, 0.15) is 11.6 Å². The standard InChI is InChI=1S/C25H23FN2O2/c1-29-22-15-11-19(12-16-22)24-23(17-10-18-8-13-20(26)14-9-18)25(30-2)28(27-24)21-6-4-3-5-7-21/h3-9,11-16H,10,17H2,1-2H3. The van der Waals surface area contributed by atoms with Gasteiger partial charge in [-0.2, -0.15) is 5.10 Å². The van der Waals surface area contributed by atoms with Crippen LogP contribution < -0.4 is 9.47 Å². The smallest absolute Gasteiger partial charge is 0.220 e. The van der Waals surface area contributed by atoms with Gasteiger partial charge in [-0.05, 0) is 66.9 Å². The number of methoxy groups -OCH3 is 2. The molecular formula is C25H23FN2O2. The third-order valence-electron chi connectivity index (χ3n) is 5.07. The fourth-order valence-corrected chi connectivity index (χ4v) is 3.52. The highest BCUT2D eigenvalue weighted by Crippen LogP contribution is 2.34. The van der Waals surface area contributed by atoms with Crippen LogP contribution in [0.5, 0.6) is 11.6 Å². The number of nitrogens with zero attached hydrogens (tertiary/aromatic N) is 2. The van der Waals surface area contributed by atoms with E-state index in [1.165, 1.54) is 12.1 Å². The van der Waals surface area contributed by atoms with Gasteiger partial charge in [0, 0.05) is 11.1 Å². The molecule has 0 radical (unpaired) electrons. The Morgan fingerprint density at radius 2 is 1.50 bits per heavy atom. The zero-order valence-electron chi connectivity index (χ0n) is 17.0. The van der Waals surface area contributed by atoms with Gasteiger partial charge in [0.05, 0.1) is 25.6 Å². The van der Waals surface area contributed by atoms with Crippen molar-refractivity contribution >= 4 is 0 Å². The minimum absolute atomic E-state index is 0.229. The summed E-state index contributed by atoms with van der Waals surface area (Å²) in [4.78, 5) is 0. The third kappa shape index (κ3) is 4.06. The van der Waals surface area contributed by atoms with Crippen LogP contribution in [0.15, 0.2) is 78.9 Å². The zero-order valence-corrected chi connectivity index (χ0v) is 17.0. The minimum Gasteiger partial charge on any atom is -0.497 e. The maximum absolute atomic E-state index is 13.3. The first kappa shape index (κ1) is 19.7. The first-order valence-electron chi connectivity index (χ1n) is 9.80. The van der Waals surface area contributed by atoms with Gasteiger partial charge < -0.3 is 9.47 Å². The fraction of sp³-hybridized carbons (Fsp3) is 0.160. The molecule has 152 valence electrons. The first-order valence-corrected chi connectivity index (χ1v) is 9.80. The molecule has 0 aliphatic heterocycles. The molecule has 4 aromatic rings. The summed E-state index contributed by atoms with van der Waals surface area (Å²) >= 11 is 0. The number of rotatable bonds is 7. The van der Waals surface area contributed by atoms with Crippen molar-refractivity contribution in [3.63, 3.8) is 0 Å². The van der Waals surface area contributed by atoms with Gasteiger partial charge in [-0.25, -0.2) is 9.07 Å². The van der Waals surface area contributed by atoms with Crippen LogP contribution in [0.25, 0.3) is 16.9 Å². The normalized spacial score (nSPS) is 10.8. The van der Waals surface area contributed by atoms with Gasteiger partial charge >= 0.3 is 0 Å². The maximum Gasteiger partial charge on any atom is 0.220 e. The molecule has 0 saturated heterocycles. The summed E-state index contributed by atoms with van der Waals surface area (Å²) in [5, 5.41) is 4.89. The highest BCUT2D eigenvalue weighted by Gasteiger charge is 2.21. The largest absolute Gasteiger partial charge is 0.497 e. The SMILES string of the molecule is COc1ccc(-c2nn(-c3ccccc3)c(OC)c2CCc2ccc(F)cc2)cc1. The Morgan fingerprint density at radius 3 is 2.13 bits per heavy atom. The Bertz CT molecular complexity index is 1100. The molecule has 0 saturated carbocycles. The Balaban J connectivity index is 1.77. The van der Waals surface area contributed by atoms with Crippen LogP contribution in [0.1, 0.15) is 11.1 Å². The molecule has 0 aliphatic carbocycles. The molecule has 4 nitrogen and oxygen atoms in total. The first-order chi connectivity index (χ1) is 14.7. The van der Waals surface area contributed by atoms with E-state index in [0.717, 1.165) is 40.2 Å². The van der Waals surface area contributed by atoms with Crippen molar-refractivity contribution in [2.45, 2.75) is 12.8 Å². The van der Waals surface area contributed by atoms with Gasteiger partial charge in [-0.15, -0.1) is 0 Å². The van der Waals surface area contributed by atoms with Crippen molar-refractivity contribution in [3.8, 4) is 28.6 Å². The summed E-state index contributed by atoms with van der Waals surface area (Å²) < 4.78 is 26.2. The minimum atomic E-state index is -0.229. The second-order valence-corrected chi connectivity index (χ2v) is 6.94. The van der Waals surface area contributed by atoms with Gasteiger partial charge in [-0.3, -0.25) is 0 Å². The van der Waals surface area contributed by atoms with Crippen molar-refractivity contribution in [3.05, 3.63) is 95.8 Å². The van der Waals surface area contributed by atoms with E-state index in [-0.39, 0.29) is 5.82 Å². The molecule has 3 aromatic carbocycles. The summed E-state index contributed by atoms with van der Waals surface area (Å²) in [7, 11) is 3.31. The second kappa shape index (κ2) is 8.82. The number of hydrogen-bond donors (Lipinski definition) is 0. The van der Waals surface area contributed by atoms with E-state index in [0.29, 0.717) is 12.3 Å². The van der Waals surface area contributed by atoms with Gasteiger partial charge in [0.15, 0.2) is 0 Å². The third-order valence-corrected chi connectivity index (χ3v) is 5.07.